The zero-order valence-electron chi connectivity index (χ0n) is 13.5. The molecule has 0 spiro atoms. The quantitative estimate of drug-likeness (QED) is 0.815. The highest BCUT2D eigenvalue weighted by molar-refractivity contribution is 9.10. The average molecular weight is 373 g/mol. The summed E-state index contributed by atoms with van der Waals surface area (Å²) in [4.78, 5) is 2.67. The second-order valence-corrected chi connectivity index (χ2v) is 7.13. The van der Waals surface area contributed by atoms with Gasteiger partial charge in [-0.15, -0.1) is 0 Å². The number of benzene rings is 2. The third-order valence-corrected chi connectivity index (χ3v) is 5.46. The molecule has 2 aromatic carbocycles. The third kappa shape index (κ3) is 4.90. The average Bonchev–Trinajstić information content (AvgIpc) is 2.62. The standard InChI is InChI=1S/C20H25BrN2/c21-20-9-5-4-8-18(20)16-23(19-10-13-22-14-11-19)15-12-17-6-2-1-3-7-17/h1-9,19,22H,10-16H2. The molecule has 1 heterocycles. The maximum Gasteiger partial charge on any atom is 0.0248 e. The normalized spacial score (nSPS) is 15.9. The summed E-state index contributed by atoms with van der Waals surface area (Å²) >= 11 is 3.71. The van der Waals surface area contributed by atoms with Crippen molar-refractivity contribution in [2.75, 3.05) is 19.6 Å². The maximum atomic E-state index is 3.71. The van der Waals surface area contributed by atoms with Crippen LogP contribution in [0.5, 0.6) is 0 Å². The second kappa shape index (κ2) is 8.62. The lowest BCUT2D eigenvalue weighted by Gasteiger charge is -2.35. The Kier molecular flexibility index (Phi) is 6.26. The number of hydrogen-bond acceptors (Lipinski definition) is 2. The highest BCUT2D eigenvalue weighted by Gasteiger charge is 2.21. The minimum absolute atomic E-state index is 0.687. The Balaban J connectivity index is 1.69. The lowest BCUT2D eigenvalue weighted by atomic mass is 10.0. The van der Waals surface area contributed by atoms with Crippen LogP contribution in [-0.2, 0) is 13.0 Å². The lowest BCUT2D eigenvalue weighted by molar-refractivity contribution is 0.155. The molecular formula is C20H25BrN2. The summed E-state index contributed by atoms with van der Waals surface area (Å²) in [5.41, 5.74) is 2.82. The minimum atomic E-state index is 0.687. The number of piperidine rings is 1. The van der Waals surface area contributed by atoms with E-state index in [-0.39, 0.29) is 0 Å². The Labute approximate surface area is 148 Å². The summed E-state index contributed by atoms with van der Waals surface area (Å²) in [5, 5.41) is 3.48. The molecule has 0 radical (unpaired) electrons. The molecule has 0 amide bonds. The van der Waals surface area contributed by atoms with Gasteiger partial charge in [0.15, 0.2) is 0 Å². The van der Waals surface area contributed by atoms with Crippen molar-refractivity contribution in [1.82, 2.24) is 10.2 Å². The van der Waals surface area contributed by atoms with E-state index in [4.69, 9.17) is 0 Å². The SMILES string of the molecule is Brc1ccccc1CN(CCc1ccccc1)C1CCNCC1. The number of nitrogens with one attached hydrogen (secondary N) is 1. The highest BCUT2D eigenvalue weighted by Crippen LogP contribution is 2.22. The van der Waals surface area contributed by atoms with Gasteiger partial charge in [-0.05, 0) is 49.5 Å². The summed E-state index contributed by atoms with van der Waals surface area (Å²) in [7, 11) is 0. The monoisotopic (exact) mass is 372 g/mol. The zero-order chi connectivity index (χ0) is 15.9. The molecule has 1 N–H and O–H groups in total. The molecule has 2 nitrogen and oxygen atoms in total. The third-order valence-electron chi connectivity index (χ3n) is 4.69. The number of halogens is 1. The molecule has 3 heteroatoms. The van der Waals surface area contributed by atoms with Gasteiger partial charge in [0.1, 0.15) is 0 Å². The van der Waals surface area contributed by atoms with E-state index in [9.17, 15) is 0 Å². The van der Waals surface area contributed by atoms with E-state index >= 15 is 0 Å². The summed E-state index contributed by atoms with van der Waals surface area (Å²) in [5.74, 6) is 0. The van der Waals surface area contributed by atoms with Crippen molar-refractivity contribution in [3.63, 3.8) is 0 Å². The first-order valence-electron chi connectivity index (χ1n) is 8.55. The maximum absolute atomic E-state index is 3.71. The Bertz CT molecular complexity index is 594. The van der Waals surface area contributed by atoms with Crippen LogP contribution < -0.4 is 5.32 Å². The van der Waals surface area contributed by atoms with Gasteiger partial charge in [0.2, 0.25) is 0 Å². The van der Waals surface area contributed by atoms with Crippen molar-refractivity contribution in [2.45, 2.75) is 31.8 Å². The molecule has 1 aliphatic heterocycles. The van der Waals surface area contributed by atoms with Crippen LogP contribution in [0, 0.1) is 0 Å². The summed E-state index contributed by atoms with van der Waals surface area (Å²) in [6, 6.07) is 20.1. The fourth-order valence-electron chi connectivity index (χ4n) is 3.33. The van der Waals surface area contributed by atoms with Crippen molar-refractivity contribution < 1.29 is 0 Å². The molecule has 23 heavy (non-hydrogen) atoms. The van der Waals surface area contributed by atoms with Crippen LogP contribution in [0.1, 0.15) is 24.0 Å². The van der Waals surface area contributed by atoms with Crippen molar-refractivity contribution in [3.05, 3.63) is 70.2 Å². The Morgan fingerprint density at radius 1 is 0.957 bits per heavy atom. The van der Waals surface area contributed by atoms with E-state index < -0.39 is 0 Å². The first kappa shape index (κ1) is 16.7. The van der Waals surface area contributed by atoms with Crippen LogP contribution in [0.25, 0.3) is 0 Å². The first-order chi connectivity index (χ1) is 11.3. The van der Waals surface area contributed by atoms with Gasteiger partial charge >= 0.3 is 0 Å². The molecular weight excluding hydrogens is 348 g/mol. The molecule has 3 rings (SSSR count). The first-order valence-corrected chi connectivity index (χ1v) is 9.34. The Hall–Kier alpha value is -1.16. The largest absolute Gasteiger partial charge is 0.317 e. The number of nitrogens with zero attached hydrogens (tertiary/aromatic N) is 1. The molecule has 1 fully saturated rings. The highest BCUT2D eigenvalue weighted by atomic mass is 79.9. The molecule has 0 atom stereocenters. The van der Waals surface area contributed by atoms with E-state index in [0.717, 1.165) is 32.6 Å². The molecule has 0 bridgehead atoms. The smallest absolute Gasteiger partial charge is 0.0248 e. The van der Waals surface area contributed by atoms with Gasteiger partial charge in [0, 0.05) is 23.6 Å². The van der Waals surface area contributed by atoms with E-state index in [0.29, 0.717) is 6.04 Å². The Morgan fingerprint density at radius 2 is 1.65 bits per heavy atom. The number of rotatable bonds is 6. The van der Waals surface area contributed by atoms with E-state index in [2.05, 4.69) is 80.7 Å². The predicted molar refractivity (Wildman–Crippen MR) is 101 cm³/mol. The minimum Gasteiger partial charge on any atom is -0.317 e. The van der Waals surface area contributed by atoms with Gasteiger partial charge in [-0.3, -0.25) is 4.90 Å². The fourth-order valence-corrected chi connectivity index (χ4v) is 3.74. The van der Waals surface area contributed by atoms with E-state index in [1.807, 2.05) is 0 Å². The predicted octanol–water partition coefficient (Wildman–Crippen LogP) is 4.25. The summed E-state index contributed by atoms with van der Waals surface area (Å²) < 4.78 is 1.22. The van der Waals surface area contributed by atoms with Gasteiger partial charge in [-0.1, -0.05) is 64.5 Å². The molecule has 0 aliphatic carbocycles. The van der Waals surface area contributed by atoms with Crippen LogP contribution in [0.2, 0.25) is 0 Å². The molecule has 0 unspecified atom stereocenters. The van der Waals surface area contributed by atoms with Gasteiger partial charge < -0.3 is 5.32 Å². The zero-order valence-corrected chi connectivity index (χ0v) is 15.1. The molecule has 122 valence electrons. The van der Waals surface area contributed by atoms with E-state index in [1.165, 1.54) is 28.4 Å². The van der Waals surface area contributed by atoms with Crippen molar-refractivity contribution in [1.29, 1.82) is 0 Å². The van der Waals surface area contributed by atoms with Crippen LogP contribution in [-0.4, -0.2) is 30.6 Å². The topological polar surface area (TPSA) is 15.3 Å². The molecule has 0 aromatic heterocycles. The molecule has 1 aliphatic rings. The van der Waals surface area contributed by atoms with Gasteiger partial charge in [0.05, 0.1) is 0 Å². The van der Waals surface area contributed by atoms with Crippen LogP contribution in [0.3, 0.4) is 0 Å². The molecule has 2 aromatic rings. The van der Waals surface area contributed by atoms with Crippen molar-refractivity contribution in [2.24, 2.45) is 0 Å². The van der Waals surface area contributed by atoms with Crippen LogP contribution in [0.4, 0.5) is 0 Å². The molecule has 0 saturated carbocycles. The van der Waals surface area contributed by atoms with Gasteiger partial charge in [-0.2, -0.15) is 0 Å². The summed E-state index contributed by atoms with van der Waals surface area (Å²) in [6.45, 7) is 4.43. The van der Waals surface area contributed by atoms with Crippen molar-refractivity contribution >= 4 is 15.9 Å². The summed E-state index contributed by atoms with van der Waals surface area (Å²) in [6.07, 6.45) is 3.62. The van der Waals surface area contributed by atoms with Crippen LogP contribution in [0.15, 0.2) is 59.1 Å². The second-order valence-electron chi connectivity index (χ2n) is 6.28. The Morgan fingerprint density at radius 3 is 2.39 bits per heavy atom. The fraction of sp³-hybridized carbons (Fsp3) is 0.400. The van der Waals surface area contributed by atoms with Gasteiger partial charge in [-0.25, -0.2) is 0 Å². The van der Waals surface area contributed by atoms with Crippen LogP contribution >= 0.6 is 15.9 Å². The lowest BCUT2D eigenvalue weighted by Crippen LogP contribution is -2.43. The van der Waals surface area contributed by atoms with E-state index in [1.54, 1.807) is 0 Å². The van der Waals surface area contributed by atoms with Crippen molar-refractivity contribution in [3.8, 4) is 0 Å². The number of hydrogen-bond donors (Lipinski definition) is 1. The molecule has 1 saturated heterocycles. The van der Waals surface area contributed by atoms with Gasteiger partial charge in [0.25, 0.3) is 0 Å².